The lowest BCUT2D eigenvalue weighted by Crippen LogP contribution is -2.23. The fourth-order valence-corrected chi connectivity index (χ4v) is 1.78. The van der Waals surface area contributed by atoms with E-state index in [1.54, 1.807) is 19.5 Å². The SMILES string of the molecule is COCC(C)Nc1nccn1CCn1ccnc1. The van der Waals surface area contributed by atoms with E-state index in [4.69, 9.17) is 4.74 Å². The molecule has 6 nitrogen and oxygen atoms in total. The van der Waals surface area contributed by atoms with Gasteiger partial charge >= 0.3 is 0 Å². The summed E-state index contributed by atoms with van der Waals surface area (Å²) in [5, 5.41) is 3.32. The second kappa shape index (κ2) is 6.20. The van der Waals surface area contributed by atoms with Gasteiger partial charge in [0, 0.05) is 51.0 Å². The first-order valence-electron chi connectivity index (χ1n) is 6.02. The lowest BCUT2D eigenvalue weighted by atomic mass is 10.4. The van der Waals surface area contributed by atoms with Crippen molar-refractivity contribution in [1.82, 2.24) is 19.1 Å². The van der Waals surface area contributed by atoms with Crippen LogP contribution in [-0.4, -0.2) is 38.9 Å². The first-order chi connectivity index (χ1) is 8.79. The van der Waals surface area contributed by atoms with Gasteiger partial charge in [-0.25, -0.2) is 9.97 Å². The predicted octanol–water partition coefficient (Wildman–Crippen LogP) is 1.23. The van der Waals surface area contributed by atoms with Gasteiger partial charge in [0.2, 0.25) is 5.95 Å². The molecule has 2 aromatic heterocycles. The Hall–Kier alpha value is -1.82. The summed E-state index contributed by atoms with van der Waals surface area (Å²) in [4.78, 5) is 8.33. The first-order valence-corrected chi connectivity index (χ1v) is 6.02. The Kier molecular flexibility index (Phi) is 4.35. The highest BCUT2D eigenvalue weighted by atomic mass is 16.5. The van der Waals surface area contributed by atoms with E-state index in [0.29, 0.717) is 6.61 Å². The fraction of sp³-hybridized carbons (Fsp3) is 0.500. The van der Waals surface area contributed by atoms with Gasteiger partial charge in [0.1, 0.15) is 0 Å². The summed E-state index contributed by atoms with van der Waals surface area (Å²) in [5.41, 5.74) is 0. The molecule has 0 spiro atoms. The van der Waals surface area contributed by atoms with Crippen molar-refractivity contribution in [2.24, 2.45) is 0 Å². The molecule has 98 valence electrons. The number of nitrogens with one attached hydrogen (secondary N) is 1. The van der Waals surface area contributed by atoms with Crippen molar-refractivity contribution >= 4 is 5.95 Å². The van der Waals surface area contributed by atoms with E-state index in [9.17, 15) is 0 Å². The molecule has 2 rings (SSSR count). The Bertz CT molecular complexity index is 451. The van der Waals surface area contributed by atoms with Gasteiger partial charge in [0.15, 0.2) is 0 Å². The molecule has 0 fully saturated rings. The van der Waals surface area contributed by atoms with Gasteiger partial charge in [0.05, 0.1) is 12.9 Å². The Morgan fingerprint density at radius 1 is 1.33 bits per heavy atom. The molecule has 0 saturated carbocycles. The Labute approximate surface area is 107 Å². The van der Waals surface area contributed by atoms with Crippen LogP contribution in [0.2, 0.25) is 0 Å². The number of hydrogen-bond acceptors (Lipinski definition) is 4. The summed E-state index contributed by atoms with van der Waals surface area (Å²) >= 11 is 0. The maximum atomic E-state index is 5.10. The van der Waals surface area contributed by atoms with Crippen LogP contribution >= 0.6 is 0 Å². The number of methoxy groups -OCH3 is 1. The van der Waals surface area contributed by atoms with Crippen molar-refractivity contribution in [1.29, 1.82) is 0 Å². The van der Waals surface area contributed by atoms with Gasteiger partial charge in [-0.1, -0.05) is 0 Å². The number of hydrogen-bond donors (Lipinski definition) is 1. The molecule has 6 heteroatoms. The van der Waals surface area contributed by atoms with Gasteiger partial charge in [-0.15, -0.1) is 0 Å². The largest absolute Gasteiger partial charge is 0.383 e. The van der Waals surface area contributed by atoms with Crippen molar-refractivity contribution in [3.63, 3.8) is 0 Å². The minimum atomic E-state index is 0.240. The summed E-state index contributed by atoms with van der Waals surface area (Å²) in [6, 6.07) is 0.240. The lowest BCUT2D eigenvalue weighted by molar-refractivity contribution is 0.190. The quantitative estimate of drug-likeness (QED) is 0.801. The molecule has 18 heavy (non-hydrogen) atoms. The standard InChI is InChI=1S/C12H19N5O/c1-11(9-18-2)15-12-14-4-6-17(12)8-7-16-5-3-13-10-16/h3-6,10-11H,7-9H2,1-2H3,(H,14,15). The zero-order valence-corrected chi connectivity index (χ0v) is 10.8. The number of aromatic nitrogens is 4. The molecule has 0 radical (unpaired) electrons. The third-order valence-corrected chi connectivity index (χ3v) is 2.67. The topological polar surface area (TPSA) is 56.9 Å². The number of anilines is 1. The molecule has 0 bridgehead atoms. The summed E-state index contributed by atoms with van der Waals surface area (Å²) in [6.07, 6.45) is 9.33. The van der Waals surface area contributed by atoms with Crippen molar-refractivity contribution in [3.8, 4) is 0 Å². The van der Waals surface area contributed by atoms with Crippen LogP contribution in [0.4, 0.5) is 5.95 Å². The van der Waals surface area contributed by atoms with Crippen LogP contribution in [0.15, 0.2) is 31.1 Å². The van der Waals surface area contributed by atoms with Crippen molar-refractivity contribution in [3.05, 3.63) is 31.1 Å². The minimum absolute atomic E-state index is 0.240. The summed E-state index contributed by atoms with van der Waals surface area (Å²) < 4.78 is 9.23. The third kappa shape index (κ3) is 3.33. The van der Waals surface area contributed by atoms with Gasteiger partial charge < -0.3 is 19.2 Å². The molecule has 0 aliphatic carbocycles. The van der Waals surface area contributed by atoms with E-state index in [0.717, 1.165) is 19.0 Å². The third-order valence-electron chi connectivity index (χ3n) is 2.67. The van der Waals surface area contributed by atoms with Crippen LogP contribution < -0.4 is 5.32 Å². The second-order valence-electron chi connectivity index (χ2n) is 4.25. The van der Waals surface area contributed by atoms with Crippen molar-refractivity contribution in [2.45, 2.75) is 26.1 Å². The molecule has 1 atom stereocenters. The maximum Gasteiger partial charge on any atom is 0.203 e. The molecule has 2 aromatic rings. The van der Waals surface area contributed by atoms with Gasteiger partial charge in [-0.2, -0.15) is 0 Å². The number of imidazole rings is 2. The molecular weight excluding hydrogens is 230 g/mol. The normalized spacial score (nSPS) is 12.6. The van der Waals surface area contributed by atoms with Gasteiger partial charge in [0.25, 0.3) is 0 Å². The number of nitrogens with zero attached hydrogens (tertiary/aromatic N) is 4. The van der Waals surface area contributed by atoms with Crippen molar-refractivity contribution < 1.29 is 4.74 Å². The summed E-state index contributed by atoms with van der Waals surface area (Å²) in [6.45, 7) is 4.47. The lowest BCUT2D eigenvalue weighted by Gasteiger charge is -2.15. The molecule has 0 saturated heterocycles. The highest BCUT2D eigenvalue weighted by molar-refractivity contribution is 5.27. The monoisotopic (exact) mass is 249 g/mol. The average molecular weight is 249 g/mol. The van der Waals surface area contributed by atoms with Gasteiger partial charge in [-0.05, 0) is 6.92 Å². The van der Waals surface area contributed by atoms with E-state index in [2.05, 4.69) is 26.8 Å². The first kappa shape index (κ1) is 12.6. The van der Waals surface area contributed by atoms with E-state index in [-0.39, 0.29) is 6.04 Å². The average Bonchev–Trinajstić information content (AvgIpc) is 2.97. The molecule has 0 amide bonds. The van der Waals surface area contributed by atoms with Crippen LogP contribution in [0, 0.1) is 0 Å². The molecule has 2 heterocycles. The molecule has 0 aliphatic rings. The molecule has 1 unspecified atom stereocenters. The van der Waals surface area contributed by atoms with E-state index >= 15 is 0 Å². The van der Waals surface area contributed by atoms with Crippen LogP contribution in [0.1, 0.15) is 6.92 Å². The Morgan fingerprint density at radius 2 is 2.22 bits per heavy atom. The van der Waals surface area contributed by atoms with Crippen LogP contribution in [0.5, 0.6) is 0 Å². The highest BCUT2D eigenvalue weighted by Crippen LogP contribution is 2.06. The zero-order chi connectivity index (χ0) is 12.8. The van der Waals surface area contributed by atoms with Crippen LogP contribution in [0.3, 0.4) is 0 Å². The van der Waals surface area contributed by atoms with E-state index < -0.39 is 0 Å². The van der Waals surface area contributed by atoms with E-state index in [1.165, 1.54) is 0 Å². The van der Waals surface area contributed by atoms with Gasteiger partial charge in [-0.3, -0.25) is 0 Å². The second-order valence-corrected chi connectivity index (χ2v) is 4.25. The zero-order valence-electron chi connectivity index (χ0n) is 10.8. The van der Waals surface area contributed by atoms with Crippen LogP contribution in [0.25, 0.3) is 0 Å². The fourth-order valence-electron chi connectivity index (χ4n) is 1.78. The van der Waals surface area contributed by atoms with Crippen LogP contribution in [-0.2, 0) is 17.8 Å². The Morgan fingerprint density at radius 3 is 2.94 bits per heavy atom. The smallest absolute Gasteiger partial charge is 0.203 e. The number of rotatable bonds is 7. The Balaban J connectivity index is 1.91. The predicted molar refractivity (Wildman–Crippen MR) is 69.4 cm³/mol. The summed E-state index contributed by atoms with van der Waals surface area (Å²) in [5.74, 6) is 0.875. The molecule has 1 N–H and O–H groups in total. The number of ether oxygens (including phenoxy) is 1. The molecule has 0 aromatic carbocycles. The highest BCUT2D eigenvalue weighted by Gasteiger charge is 2.06. The number of aryl methyl sites for hydroxylation is 2. The van der Waals surface area contributed by atoms with Crippen molar-refractivity contribution in [2.75, 3.05) is 19.0 Å². The maximum absolute atomic E-state index is 5.10. The summed E-state index contributed by atoms with van der Waals surface area (Å²) in [7, 11) is 1.70. The molecular formula is C12H19N5O. The minimum Gasteiger partial charge on any atom is -0.383 e. The molecule has 0 aliphatic heterocycles. The van der Waals surface area contributed by atoms with E-state index in [1.807, 2.05) is 23.3 Å².